The molecule has 0 bridgehead atoms. The Morgan fingerprint density at radius 3 is 2.35 bits per heavy atom. The molecule has 2 amide bonds. The highest BCUT2D eigenvalue weighted by Crippen LogP contribution is 2.41. The van der Waals surface area contributed by atoms with Crippen molar-refractivity contribution in [2.24, 2.45) is 5.92 Å². The van der Waals surface area contributed by atoms with Gasteiger partial charge in [-0.2, -0.15) is 4.98 Å². The number of carbonyl (C=O) groups excluding carboxylic acids is 3. The second-order valence-corrected chi connectivity index (χ2v) is 15.0. The van der Waals surface area contributed by atoms with Crippen LogP contribution in [-0.2, 0) is 41.7 Å². The largest absolute Gasteiger partial charge is 0.481 e. The first kappa shape index (κ1) is 46.1. The maximum absolute atomic E-state index is 13.2. The van der Waals surface area contributed by atoms with Crippen LogP contribution in [0.2, 0.25) is 0 Å². The molecule has 1 saturated heterocycles. The third-order valence-electron chi connectivity index (χ3n) is 10.7. The van der Waals surface area contributed by atoms with E-state index in [9.17, 15) is 38.7 Å². The first-order valence-corrected chi connectivity index (χ1v) is 20.3. The van der Waals surface area contributed by atoms with Crippen LogP contribution in [0.1, 0.15) is 80.4 Å². The molecule has 6 atom stereocenters. The van der Waals surface area contributed by atoms with Gasteiger partial charge in [-0.25, -0.2) is 19.6 Å². The number of amides is 2. The number of nitrogens with two attached hydrogens (primary N) is 1. The van der Waals surface area contributed by atoms with Crippen molar-refractivity contribution >= 4 is 58.5 Å². The van der Waals surface area contributed by atoms with Crippen LogP contribution in [0.25, 0.3) is 11.2 Å². The smallest absolute Gasteiger partial charge is 0.326 e. The molecule has 0 radical (unpaired) electrons. The minimum Gasteiger partial charge on any atom is -0.481 e. The molecule has 2 aliphatic rings. The summed E-state index contributed by atoms with van der Waals surface area (Å²) in [6, 6.07) is 12.6. The molecular formula is C42H51N9O11. The number of ether oxygens (including phenoxy) is 1. The molecule has 9 N–H and O–H groups in total. The summed E-state index contributed by atoms with van der Waals surface area (Å²) in [4.78, 5) is 99.6. The number of anilines is 2. The lowest BCUT2D eigenvalue weighted by Gasteiger charge is -2.31. The van der Waals surface area contributed by atoms with E-state index in [2.05, 4.69) is 35.9 Å². The molecule has 2 aromatic carbocycles. The van der Waals surface area contributed by atoms with Crippen LogP contribution in [0.15, 0.2) is 65.6 Å². The van der Waals surface area contributed by atoms with Crippen molar-refractivity contribution in [1.29, 1.82) is 0 Å². The lowest BCUT2D eigenvalue weighted by Crippen LogP contribution is -2.55. The number of aliphatic carboxylic acids is 3. The second kappa shape index (κ2) is 21.5. The number of esters is 1. The van der Waals surface area contributed by atoms with Crippen LogP contribution >= 0.6 is 0 Å². The summed E-state index contributed by atoms with van der Waals surface area (Å²) < 4.78 is 5.21. The summed E-state index contributed by atoms with van der Waals surface area (Å²) in [6.45, 7) is 3.96. The average molecular weight is 858 g/mol. The molecule has 1 saturated carbocycles. The van der Waals surface area contributed by atoms with E-state index < -0.39 is 53.5 Å². The van der Waals surface area contributed by atoms with Gasteiger partial charge in [-0.1, -0.05) is 36.8 Å². The maximum Gasteiger partial charge on any atom is 0.326 e. The van der Waals surface area contributed by atoms with Gasteiger partial charge in [-0.15, -0.1) is 0 Å². The molecule has 62 heavy (non-hydrogen) atoms. The van der Waals surface area contributed by atoms with E-state index in [0.717, 1.165) is 24.8 Å². The summed E-state index contributed by atoms with van der Waals surface area (Å²) in [5, 5.41) is 36.0. The molecule has 2 fully saturated rings. The van der Waals surface area contributed by atoms with Crippen LogP contribution < -0.4 is 27.2 Å². The Labute approximate surface area is 355 Å². The topological polar surface area (TPSA) is 309 Å². The van der Waals surface area contributed by atoms with Crippen molar-refractivity contribution in [3.05, 3.63) is 88.0 Å². The highest BCUT2D eigenvalue weighted by molar-refractivity contribution is 5.97. The number of carboxylic acid groups (broad SMARTS) is 3. The van der Waals surface area contributed by atoms with Gasteiger partial charge in [0.25, 0.3) is 11.5 Å². The SMILES string of the molecule is CCOC(=O)[C@H](CCc1ccccc1)N[C@@H](C)C(=O)N1[C@H](C(=O)O)C[C@@H]2CCC[C@@H]21.Nc1nc2ncc(CNc3ccc(C(=O)N[C@@H](CCC(=O)O)C(=O)O)cc3)nc2c(=O)[nH]1. The van der Waals surface area contributed by atoms with Crippen molar-refractivity contribution < 1.29 is 48.8 Å². The molecule has 6 rings (SSSR count). The molecule has 330 valence electrons. The fourth-order valence-corrected chi connectivity index (χ4v) is 7.65. The van der Waals surface area contributed by atoms with E-state index >= 15 is 0 Å². The number of likely N-dealkylation sites (tertiary alicyclic amines) is 1. The van der Waals surface area contributed by atoms with Gasteiger partial charge in [-0.05, 0) is 88.1 Å². The Morgan fingerprint density at radius 2 is 1.69 bits per heavy atom. The Hall–Kier alpha value is -6.96. The zero-order chi connectivity index (χ0) is 44.9. The molecular weight excluding hydrogens is 807 g/mol. The fraction of sp³-hybridized carbons (Fsp3) is 0.429. The normalized spacial score (nSPS) is 18.0. The number of carbonyl (C=O) groups is 6. The number of aromatic amines is 1. The standard InChI is InChI=1S/C23H32N2O5.C19H19N7O6/c1-3-30-23(29)18(13-12-16-8-5-4-6-9-16)24-15(2)21(26)25-19-11-7-10-17(19)14-20(25)22(27)28;20-19-25-15-14(17(30)26-19)23-11(8-22-15)7-21-10-3-1-9(2-4-10)16(29)24-12(18(31)32)5-6-13(27)28/h4-6,8-9,15,17-20,24H,3,7,10-14H2,1-2H3,(H,27,28);1-4,8,12,21H,5-7H2,(H,24,29)(H,27,28)(H,31,32)(H3,20,22,25,26,30)/t15-,17-,18-,19-,20-;12-/m00/s1. The zero-order valence-corrected chi connectivity index (χ0v) is 34.3. The summed E-state index contributed by atoms with van der Waals surface area (Å²) in [5.74, 6) is -4.47. The number of carboxylic acids is 3. The third kappa shape index (κ3) is 12.3. The van der Waals surface area contributed by atoms with Crippen molar-refractivity contribution in [3.8, 4) is 0 Å². The van der Waals surface area contributed by atoms with Crippen LogP contribution in [0.3, 0.4) is 0 Å². The zero-order valence-electron chi connectivity index (χ0n) is 34.3. The molecule has 0 spiro atoms. The predicted molar refractivity (Wildman–Crippen MR) is 224 cm³/mol. The van der Waals surface area contributed by atoms with Gasteiger partial charge in [0.05, 0.1) is 31.1 Å². The highest BCUT2D eigenvalue weighted by Gasteiger charge is 2.49. The maximum atomic E-state index is 13.2. The van der Waals surface area contributed by atoms with E-state index in [-0.39, 0.29) is 72.5 Å². The summed E-state index contributed by atoms with van der Waals surface area (Å²) in [6.07, 6.45) is 5.38. The van der Waals surface area contributed by atoms with E-state index in [1.54, 1.807) is 30.9 Å². The summed E-state index contributed by atoms with van der Waals surface area (Å²) in [5.41, 5.74) is 7.58. The van der Waals surface area contributed by atoms with Crippen molar-refractivity contribution in [3.63, 3.8) is 0 Å². The summed E-state index contributed by atoms with van der Waals surface area (Å²) >= 11 is 0. The fourth-order valence-electron chi connectivity index (χ4n) is 7.65. The number of hydrogen-bond acceptors (Lipinski definition) is 14. The number of H-pyrrole nitrogens is 1. The minimum absolute atomic E-state index is 0.00629. The van der Waals surface area contributed by atoms with Crippen molar-refractivity contribution in [2.75, 3.05) is 17.7 Å². The molecule has 1 aliphatic heterocycles. The van der Waals surface area contributed by atoms with Gasteiger partial charge >= 0.3 is 23.9 Å². The monoisotopic (exact) mass is 857 g/mol. The Morgan fingerprint density at radius 1 is 0.968 bits per heavy atom. The van der Waals surface area contributed by atoms with Crippen LogP contribution in [-0.4, -0.2) is 113 Å². The highest BCUT2D eigenvalue weighted by atomic mass is 16.5. The lowest BCUT2D eigenvalue weighted by molar-refractivity contribution is -0.151. The van der Waals surface area contributed by atoms with Gasteiger partial charge in [0, 0.05) is 23.7 Å². The van der Waals surface area contributed by atoms with E-state index in [1.165, 1.54) is 18.3 Å². The van der Waals surface area contributed by atoms with E-state index in [4.69, 9.17) is 20.7 Å². The van der Waals surface area contributed by atoms with Crippen LogP contribution in [0, 0.1) is 5.92 Å². The van der Waals surface area contributed by atoms with Gasteiger partial charge in [0.1, 0.15) is 18.1 Å². The minimum atomic E-state index is -1.31. The Bertz CT molecular complexity index is 2290. The van der Waals surface area contributed by atoms with Crippen LogP contribution in [0.5, 0.6) is 0 Å². The lowest BCUT2D eigenvalue weighted by atomic mass is 10.0. The molecule has 20 heteroatoms. The number of benzene rings is 2. The molecule has 20 nitrogen and oxygen atoms in total. The van der Waals surface area contributed by atoms with E-state index in [1.807, 2.05) is 30.3 Å². The average Bonchev–Trinajstić information content (AvgIpc) is 3.86. The molecule has 1 aliphatic carbocycles. The molecule has 2 aromatic heterocycles. The number of fused-ring (bicyclic) bond motifs is 2. The van der Waals surface area contributed by atoms with Gasteiger partial charge in [-0.3, -0.25) is 34.3 Å². The number of aryl methyl sites for hydroxylation is 1. The number of nitrogens with one attached hydrogen (secondary N) is 4. The van der Waals surface area contributed by atoms with Crippen LogP contribution in [0.4, 0.5) is 11.6 Å². The second-order valence-electron chi connectivity index (χ2n) is 15.0. The molecule has 3 heterocycles. The van der Waals surface area contributed by atoms with Gasteiger partial charge in [0.15, 0.2) is 11.2 Å². The van der Waals surface area contributed by atoms with Crippen molar-refractivity contribution in [1.82, 2.24) is 35.5 Å². The number of rotatable bonds is 18. The number of nitrogen functional groups attached to an aromatic ring is 1. The number of aromatic nitrogens is 4. The predicted octanol–water partition coefficient (Wildman–Crippen LogP) is 2.34. The van der Waals surface area contributed by atoms with Gasteiger partial charge < -0.3 is 41.3 Å². The Kier molecular flexibility index (Phi) is 16.0. The first-order chi connectivity index (χ1) is 29.6. The van der Waals surface area contributed by atoms with Crippen molar-refractivity contribution in [2.45, 2.75) is 102 Å². The molecule has 0 unspecified atom stereocenters. The third-order valence-corrected chi connectivity index (χ3v) is 10.7. The quantitative estimate of drug-likeness (QED) is 0.0666. The Balaban J connectivity index is 0.000000235. The number of nitrogens with zero attached hydrogens (tertiary/aromatic N) is 4. The molecule has 4 aromatic rings. The van der Waals surface area contributed by atoms with E-state index in [0.29, 0.717) is 30.6 Å². The van der Waals surface area contributed by atoms with Gasteiger partial charge in [0.2, 0.25) is 11.9 Å². The number of hydrogen-bond donors (Lipinski definition) is 8. The summed E-state index contributed by atoms with van der Waals surface area (Å²) in [7, 11) is 0. The first-order valence-electron chi connectivity index (χ1n) is 20.3.